The van der Waals surface area contributed by atoms with Crippen molar-refractivity contribution in [1.29, 1.82) is 0 Å². The number of hydrogen-bond donors (Lipinski definition) is 0. The molecule has 2 aromatic carbocycles. The summed E-state index contributed by atoms with van der Waals surface area (Å²) in [6.07, 6.45) is 3.97. The molecule has 0 radical (unpaired) electrons. The number of nitrogens with zero attached hydrogens (tertiary/aromatic N) is 1. The number of fused-ring (bicyclic) bond motifs is 1. The second-order valence-corrected chi connectivity index (χ2v) is 5.08. The lowest BCUT2D eigenvalue weighted by molar-refractivity contribution is 0.414. The molecule has 0 aliphatic rings. The number of pyridine rings is 1. The predicted octanol–water partition coefficient (Wildman–Crippen LogP) is 5.07. The Morgan fingerprint density at radius 1 is 1.00 bits per heavy atom. The zero-order valence-electron chi connectivity index (χ0n) is 11.6. The minimum absolute atomic E-state index is 0.695. The van der Waals surface area contributed by atoms with Crippen LogP contribution in [-0.4, -0.2) is 12.1 Å². The van der Waals surface area contributed by atoms with Gasteiger partial charge in [-0.15, -0.1) is 0 Å². The highest BCUT2D eigenvalue weighted by atomic mass is 35.5. The van der Waals surface area contributed by atoms with Crippen molar-refractivity contribution in [2.24, 2.45) is 0 Å². The molecule has 3 aromatic rings. The molecule has 0 saturated heterocycles. The van der Waals surface area contributed by atoms with Gasteiger partial charge in [0.05, 0.1) is 18.3 Å². The fraction of sp³-hybridized carbons (Fsp3) is 0.0556. The summed E-state index contributed by atoms with van der Waals surface area (Å²) in [5.74, 6) is 0.845. The Hall–Kier alpha value is -2.32. The maximum atomic E-state index is 6.01. The highest BCUT2D eigenvalue weighted by molar-refractivity contribution is 6.31. The highest BCUT2D eigenvalue weighted by Gasteiger charge is 1.99. The number of ether oxygens (including phenoxy) is 1. The van der Waals surface area contributed by atoms with Gasteiger partial charge in [-0.25, -0.2) is 4.98 Å². The molecular formula is C18H14ClNO. The Balaban J connectivity index is 1.95. The lowest BCUT2D eigenvalue weighted by Gasteiger charge is -2.03. The van der Waals surface area contributed by atoms with Crippen LogP contribution in [0.1, 0.15) is 11.3 Å². The first-order valence-corrected chi connectivity index (χ1v) is 7.01. The molecule has 2 nitrogen and oxygen atoms in total. The first-order valence-electron chi connectivity index (χ1n) is 6.64. The van der Waals surface area contributed by atoms with Crippen LogP contribution in [0, 0.1) is 0 Å². The summed E-state index contributed by atoms with van der Waals surface area (Å²) in [7, 11) is 1.67. The minimum atomic E-state index is 0.695. The zero-order valence-corrected chi connectivity index (χ0v) is 12.3. The van der Waals surface area contributed by atoms with Crippen LogP contribution in [0.25, 0.3) is 23.1 Å². The van der Waals surface area contributed by atoms with Crippen molar-refractivity contribution in [3.8, 4) is 5.75 Å². The predicted molar refractivity (Wildman–Crippen MR) is 88.7 cm³/mol. The molecule has 104 valence electrons. The Labute approximate surface area is 128 Å². The maximum absolute atomic E-state index is 6.01. The second-order valence-electron chi connectivity index (χ2n) is 4.65. The molecule has 21 heavy (non-hydrogen) atoms. The van der Waals surface area contributed by atoms with Crippen molar-refractivity contribution >= 4 is 34.7 Å². The smallest absolute Gasteiger partial charge is 0.126 e. The number of halogens is 1. The summed E-state index contributed by atoms with van der Waals surface area (Å²) in [6, 6.07) is 17.6. The van der Waals surface area contributed by atoms with E-state index in [1.165, 1.54) is 0 Å². The van der Waals surface area contributed by atoms with E-state index in [0.717, 1.165) is 27.9 Å². The average molecular weight is 296 g/mol. The van der Waals surface area contributed by atoms with Gasteiger partial charge in [0.1, 0.15) is 5.75 Å². The third kappa shape index (κ3) is 3.06. The minimum Gasteiger partial charge on any atom is -0.496 e. The normalized spacial score (nSPS) is 11.1. The van der Waals surface area contributed by atoms with Crippen LogP contribution in [0.2, 0.25) is 5.02 Å². The zero-order chi connectivity index (χ0) is 14.7. The third-order valence-electron chi connectivity index (χ3n) is 3.25. The van der Waals surface area contributed by atoms with Gasteiger partial charge >= 0.3 is 0 Å². The van der Waals surface area contributed by atoms with Crippen molar-refractivity contribution in [3.05, 3.63) is 70.9 Å². The van der Waals surface area contributed by atoms with E-state index in [1.807, 2.05) is 66.7 Å². The standard InChI is InChI=1S/C18H14ClNO/c1-21-18-5-3-2-4-14(18)8-11-16-10-7-13-6-9-15(19)12-17(13)20-16/h2-12H,1H3/b11-8+. The molecule has 0 saturated carbocycles. The Kier molecular flexibility index (Phi) is 3.89. The van der Waals surface area contributed by atoms with Crippen LogP contribution < -0.4 is 4.74 Å². The van der Waals surface area contributed by atoms with Crippen molar-refractivity contribution < 1.29 is 4.74 Å². The second kappa shape index (κ2) is 5.98. The lowest BCUT2D eigenvalue weighted by atomic mass is 10.1. The fourth-order valence-corrected chi connectivity index (χ4v) is 2.34. The Morgan fingerprint density at radius 3 is 2.67 bits per heavy atom. The number of rotatable bonds is 3. The van der Waals surface area contributed by atoms with E-state index in [9.17, 15) is 0 Å². The van der Waals surface area contributed by atoms with Gasteiger partial charge in [0, 0.05) is 16.0 Å². The number of para-hydroxylation sites is 1. The quantitative estimate of drug-likeness (QED) is 0.673. The SMILES string of the molecule is COc1ccccc1/C=C/c1ccc2ccc(Cl)cc2n1. The summed E-state index contributed by atoms with van der Waals surface area (Å²) >= 11 is 6.01. The molecule has 3 rings (SSSR count). The van der Waals surface area contributed by atoms with E-state index in [4.69, 9.17) is 16.3 Å². The van der Waals surface area contributed by atoms with E-state index in [2.05, 4.69) is 4.98 Å². The van der Waals surface area contributed by atoms with Gasteiger partial charge in [-0.1, -0.05) is 41.9 Å². The fourth-order valence-electron chi connectivity index (χ4n) is 2.18. The van der Waals surface area contributed by atoms with Gasteiger partial charge in [0.15, 0.2) is 0 Å². The van der Waals surface area contributed by atoms with Gasteiger partial charge < -0.3 is 4.74 Å². The molecule has 0 amide bonds. The Morgan fingerprint density at radius 2 is 1.81 bits per heavy atom. The molecule has 0 aliphatic heterocycles. The number of benzene rings is 2. The van der Waals surface area contributed by atoms with E-state index in [-0.39, 0.29) is 0 Å². The van der Waals surface area contributed by atoms with Crippen molar-refractivity contribution in [2.75, 3.05) is 7.11 Å². The summed E-state index contributed by atoms with van der Waals surface area (Å²) in [5, 5.41) is 1.77. The van der Waals surface area contributed by atoms with Gasteiger partial charge in [-0.2, -0.15) is 0 Å². The van der Waals surface area contributed by atoms with Gasteiger partial charge in [-0.3, -0.25) is 0 Å². The lowest BCUT2D eigenvalue weighted by Crippen LogP contribution is -1.86. The first-order chi connectivity index (χ1) is 10.3. The monoisotopic (exact) mass is 295 g/mol. The van der Waals surface area contributed by atoms with Crippen molar-refractivity contribution in [2.45, 2.75) is 0 Å². The summed E-state index contributed by atoms with van der Waals surface area (Å²) < 4.78 is 5.33. The van der Waals surface area contributed by atoms with Gasteiger partial charge in [-0.05, 0) is 36.4 Å². The third-order valence-corrected chi connectivity index (χ3v) is 3.48. The van der Waals surface area contributed by atoms with E-state index in [1.54, 1.807) is 7.11 Å². The van der Waals surface area contributed by atoms with Gasteiger partial charge in [0.2, 0.25) is 0 Å². The molecule has 1 aromatic heterocycles. The van der Waals surface area contributed by atoms with Gasteiger partial charge in [0.25, 0.3) is 0 Å². The molecule has 0 atom stereocenters. The first kappa shape index (κ1) is 13.7. The molecule has 0 fully saturated rings. The number of methoxy groups -OCH3 is 1. The van der Waals surface area contributed by atoms with Crippen LogP contribution in [0.15, 0.2) is 54.6 Å². The summed E-state index contributed by atoms with van der Waals surface area (Å²) in [6.45, 7) is 0. The van der Waals surface area contributed by atoms with E-state index in [0.29, 0.717) is 5.02 Å². The van der Waals surface area contributed by atoms with Crippen LogP contribution in [0.4, 0.5) is 0 Å². The molecule has 3 heteroatoms. The number of hydrogen-bond acceptors (Lipinski definition) is 2. The van der Waals surface area contributed by atoms with Crippen LogP contribution >= 0.6 is 11.6 Å². The maximum Gasteiger partial charge on any atom is 0.126 e. The summed E-state index contributed by atoms with van der Waals surface area (Å²) in [4.78, 5) is 4.59. The van der Waals surface area contributed by atoms with Crippen molar-refractivity contribution in [1.82, 2.24) is 4.98 Å². The Bertz CT molecular complexity index is 811. The van der Waals surface area contributed by atoms with Crippen molar-refractivity contribution in [3.63, 3.8) is 0 Å². The van der Waals surface area contributed by atoms with Crippen LogP contribution in [-0.2, 0) is 0 Å². The largest absolute Gasteiger partial charge is 0.496 e. The topological polar surface area (TPSA) is 22.1 Å². The molecule has 0 N–H and O–H groups in total. The molecule has 0 unspecified atom stereocenters. The molecule has 0 spiro atoms. The molecule has 1 heterocycles. The molecule has 0 aliphatic carbocycles. The average Bonchev–Trinajstić information content (AvgIpc) is 2.52. The molecule has 0 bridgehead atoms. The van der Waals surface area contributed by atoms with Crippen LogP contribution in [0.5, 0.6) is 5.75 Å². The van der Waals surface area contributed by atoms with E-state index < -0.39 is 0 Å². The van der Waals surface area contributed by atoms with Crippen LogP contribution in [0.3, 0.4) is 0 Å². The molecular weight excluding hydrogens is 282 g/mol. The highest BCUT2D eigenvalue weighted by Crippen LogP contribution is 2.21. The van der Waals surface area contributed by atoms with E-state index >= 15 is 0 Å². The summed E-state index contributed by atoms with van der Waals surface area (Å²) in [5.41, 5.74) is 2.80. The number of aromatic nitrogens is 1.